The van der Waals surface area contributed by atoms with Crippen LogP contribution in [-0.4, -0.2) is 21.8 Å². The zero-order valence-electron chi connectivity index (χ0n) is 7.04. The van der Waals surface area contributed by atoms with Gasteiger partial charge in [-0.3, -0.25) is 4.79 Å². The number of rotatable bonds is 4. The van der Waals surface area contributed by atoms with Crippen molar-refractivity contribution in [1.29, 1.82) is 0 Å². The van der Waals surface area contributed by atoms with E-state index in [1.165, 1.54) is 11.8 Å². The SMILES string of the molecule is O=C(O)CSCc1cnc(Cl)cc1Cl. The van der Waals surface area contributed by atoms with E-state index < -0.39 is 5.97 Å². The van der Waals surface area contributed by atoms with Crippen LogP contribution < -0.4 is 0 Å². The lowest BCUT2D eigenvalue weighted by Gasteiger charge is -2.02. The molecule has 1 heterocycles. The molecule has 1 N–H and O–H groups in total. The molecule has 0 bridgehead atoms. The smallest absolute Gasteiger partial charge is 0.313 e. The van der Waals surface area contributed by atoms with Crippen LogP contribution >= 0.6 is 35.0 Å². The molecule has 3 nitrogen and oxygen atoms in total. The number of carboxylic acids is 1. The van der Waals surface area contributed by atoms with E-state index in [1.807, 2.05) is 0 Å². The Hall–Kier alpha value is -0.450. The molecule has 76 valence electrons. The highest BCUT2D eigenvalue weighted by atomic mass is 35.5. The molecule has 14 heavy (non-hydrogen) atoms. The van der Waals surface area contributed by atoms with Crippen molar-refractivity contribution in [3.8, 4) is 0 Å². The molecule has 0 radical (unpaired) electrons. The molecule has 0 aliphatic heterocycles. The van der Waals surface area contributed by atoms with Crippen LogP contribution in [0.5, 0.6) is 0 Å². The van der Waals surface area contributed by atoms with E-state index in [1.54, 1.807) is 12.3 Å². The number of pyridine rings is 1. The molecule has 0 saturated heterocycles. The Labute approximate surface area is 95.4 Å². The van der Waals surface area contributed by atoms with Gasteiger partial charge in [-0.1, -0.05) is 23.2 Å². The van der Waals surface area contributed by atoms with Gasteiger partial charge in [0.15, 0.2) is 0 Å². The second kappa shape index (κ2) is 5.44. The summed E-state index contributed by atoms with van der Waals surface area (Å²) in [6.45, 7) is 0. The molecule has 1 aromatic rings. The Kier molecular flexibility index (Phi) is 4.51. The van der Waals surface area contributed by atoms with Crippen molar-refractivity contribution >= 4 is 40.9 Å². The lowest BCUT2D eigenvalue weighted by molar-refractivity contribution is -0.133. The highest BCUT2D eigenvalue weighted by Crippen LogP contribution is 2.22. The van der Waals surface area contributed by atoms with Crippen molar-refractivity contribution in [1.82, 2.24) is 4.98 Å². The van der Waals surface area contributed by atoms with E-state index in [4.69, 9.17) is 28.3 Å². The average Bonchev–Trinajstić information content (AvgIpc) is 2.08. The molecule has 0 amide bonds. The largest absolute Gasteiger partial charge is 0.481 e. The number of thioether (sulfide) groups is 1. The number of aromatic nitrogens is 1. The van der Waals surface area contributed by atoms with Gasteiger partial charge in [-0.05, 0) is 11.6 Å². The monoisotopic (exact) mass is 251 g/mol. The average molecular weight is 252 g/mol. The van der Waals surface area contributed by atoms with Gasteiger partial charge in [-0.2, -0.15) is 0 Å². The van der Waals surface area contributed by atoms with Crippen LogP contribution in [0.3, 0.4) is 0 Å². The maximum atomic E-state index is 10.2. The van der Waals surface area contributed by atoms with Gasteiger partial charge in [0.05, 0.1) is 5.75 Å². The third kappa shape index (κ3) is 3.74. The van der Waals surface area contributed by atoms with E-state index in [0.717, 1.165) is 5.56 Å². The number of nitrogens with zero attached hydrogens (tertiary/aromatic N) is 1. The second-order valence-electron chi connectivity index (χ2n) is 2.48. The second-order valence-corrected chi connectivity index (χ2v) is 4.27. The van der Waals surface area contributed by atoms with Crippen molar-refractivity contribution in [3.63, 3.8) is 0 Å². The number of hydrogen-bond acceptors (Lipinski definition) is 3. The Morgan fingerprint density at radius 3 is 2.86 bits per heavy atom. The maximum Gasteiger partial charge on any atom is 0.313 e. The summed E-state index contributed by atoms with van der Waals surface area (Å²) in [5.74, 6) is -0.262. The standard InChI is InChI=1S/C8H7Cl2NO2S/c9-6-1-7(10)11-2-5(6)3-14-4-8(12)13/h1-2H,3-4H2,(H,12,13). The third-order valence-electron chi connectivity index (χ3n) is 1.38. The highest BCUT2D eigenvalue weighted by molar-refractivity contribution is 7.99. The van der Waals surface area contributed by atoms with Crippen molar-refractivity contribution in [2.45, 2.75) is 5.75 Å². The van der Waals surface area contributed by atoms with Crippen LogP contribution in [0.15, 0.2) is 12.3 Å². The summed E-state index contributed by atoms with van der Waals surface area (Å²) in [6.07, 6.45) is 1.56. The summed E-state index contributed by atoms with van der Waals surface area (Å²) in [5.41, 5.74) is 0.794. The maximum absolute atomic E-state index is 10.2. The zero-order valence-corrected chi connectivity index (χ0v) is 9.36. The normalized spacial score (nSPS) is 10.1. The topological polar surface area (TPSA) is 50.2 Å². The molecular weight excluding hydrogens is 245 g/mol. The Morgan fingerprint density at radius 1 is 1.57 bits per heavy atom. The summed E-state index contributed by atoms with van der Waals surface area (Å²) < 4.78 is 0. The van der Waals surface area contributed by atoms with Gasteiger partial charge in [0, 0.05) is 17.0 Å². The Balaban J connectivity index is 2.55. The van der Waals surface area contributed by atoms with E-state index in [9.17, 15) is 4.79 Å². The molecule has 0 fully saturated rings. The fourth-order valence-corrected chi connectivity index (χ4v) is 2.03. The predicted molar refractivity (Wildman–Crippen MR) is 58.1 cm³/mol. The van der Waals surface area contributed by atoms with Gasteiger partial charge in [0.1, 0.15) is 5.15 Å². The first kappa shape index (κ1) is 11.6. The number of aliphatic carboxylic acids is 1. The summed E-state index contributed by atoms with van der Waals surface area (Å²) >= 11 is 12.7. The van der Waals surface area contributed by atoms with Crippen molar-refractivity contribution in [3.05, 3.63) is 28.0 Å². The van der Waals surface area contributed by atoms with Gasteiger partial charge >= 0.3 is 5.97 Å². The van der Waals surface area contributed by atoms with Crippen LogP contribution in [0, 0.1) is 0 Å². The van der Waals surface area contributed by atoms with Crippen LogP contribution in [0.4, 0.5) is 0 Å². The molecule has 0 aliphatic rings. The predicted octanol–water partition coefficient (Wildman–Crippen LogP) is 2.71. The van der Waals surface area contributed by atoms with Crippen LogP contribution in [0.25, 0.3) is 0 Å². The van der Waals surface area contributed by atoms with Crippen molar-refractivity contribution in [2.24, 2.45) is 0 Å². The zero-order chi connectivity index (χ0) is 10.6. The highest BCUT2D eigenvalue weighted by Gasteiger charge is 2.03. The van der Waals surface area contributed by atoms with Crippen LogP contribution in [0.1, 0.15) is 5.56 Å². The molecule has 0 aromatic carbocycles. The van der Waals surface area contributed by atoms with E-state index in [0.29, 0.717) is 15.9 Å². The third-order valence-corrected chi connectivity index (χ3v) is 2.90. The van der Waals surface area contributed by atoms with E-state index >= 15 is 0 Å². The van der Waals surface area contributed by atoms with Gasteiger partial charge < -0.3 is 5.11 Å². The molecular formula is C8H7Cl2NO2S. The van der Waals surface area contributed by atoms with E-state index in [2.05, 4.69) is 4.98 Å². The summed E-state index contributed by atoms with van der Waals surface area (Å²) in [7, 11) is 0. The van der Waals surface area contributed by atoms with Crippen molar-refractivity contribution in [2.75, 3.05) is 5.75 Å². The molecule has 1 rings (SSSR count). The summed E-state index contributed by atoms with van der Waals surface area (Å²) in [5, 5.41) is 9.27. The molecule has 0 aliphatic carbocycles. The van der Waals surface area contributed by atoms with Gasteiger partial charge in [0.2, 0.25) is 0 Å². The number of carbonyl (C=O) groups is 1. The molecule has 0 saturated carbocycles. The summed E-state index contributed by atoms with van der Waals surface area (Å²) in [6, 6.07) is 1.54. The summed E-state index contributed by atoms with van der Waals surface area (Å²) in [4.78, 5) is 14.1. The fraction of sp³-hybridized carbons (Fsp3) is 0.250. The van der Waals surface area contributed by atoms with Crippen LogP contribution in [-0.2, 0) is 10.5 Å². The molecule has 6 heteroatoms. The molecule has 0 spiro atoms. The number of carboxylic acid groups (broad SMARTS) is 1. The molecule has 1 aromatic heterocycles. The Morgan fingerprint density at radius 2 is 2.29 bits per heavy atom. The first-order valence-electron chi connectivity index (χ1n) is 3.69. The minimum atomic E-state index is -0.840. The van der Waals surface area contributed by atoms with Gasteiger partial charge in [-0.15, -0.1) is 11.8 Å². The molecule has 0 unspecified atom stereocenters. The lowest BCUT2D eigenvalue weighted by atomic mass is 10.3. The minimum Gasteiger partial charge on any atom is -0.481 e. The number of halogens is 2. The number of hydrogen-bond donors (Lipinski definition) is 1. The van der Waals surface area contributed by atoms with Gasteiger partial charge in [-0.25, -0.2) is 4.98 Å². The molecule has 0 atom stereocenters. The van der Waals surface area contributed by atoms with E-state index in [-0.39, 0.29) is 5.75 Å². The lowest BCUT2D eigenvalue weighted by Crippen LogP contribution is -1.98. The fourth-order valence-electron chi connectivity index (χ4n) is 0.790. The van der Waals surface area contributed by atoms with Crippen molar-refractivity contribution < 1.29 is 9.90 Å². The quantitative estimate of drug-likeness (QED) is 0.837. The Bertz CT molecular complexity index is 346. The van der Waals surface area contributed by atoms with Crippen LogP contribution in [0.2, 0.25) is 10.2 Å². The first-order valence-corrected chi connectivity index (χ1v) is 5.60. The first-order chi connectivity index (χ1) is 6.59. The minimum absolute atomic E-state index is 0.0545. The van der Waals surface area contributed by atoms with Gasteiger partial charge in [0.25, 0.3) is 0 Å².